The lowest BCUT2D eigenvalue weighted by Crippen LogP contribution is -2.35. The van der Waals surface area contributed by atoms with Crippen molar-refractivity contribution in [2.75, 3.05) is 36.5 Å². The third kappa shape index (κ3) is 4.26. The minimum Gasteiger partial charge on any atom is -0.382 e. The molecule has 0 aromatic carbocycles. The van der Waals surface area contributed by atoms with Gasteiger partial charge in [0.2, 0.25) is 0 Å². The Morgan fingerprint density at radius 3 is 2.44 bits per heavy atom. The Labute approximate surface area is 120 Å². The molecule has 0 aromatic rings. The van der Waals surface area contributed by atoms with Gasteiger partial charge in [-0.2, -0.15) is 0 Å². The molecule has 0 amide bonds. The quantitative estimate of drug-likeness (QED) is 0.511. The van der Waals surface area contributed by atoms with Gasteiger partial charge in [0.15, 0.2) is 9.84 Å². The summed E-state index contributed by atoms with van der Waals surface area (Å²) in [5.74, 6) is 1.45. The van der Waals surface area contributed by atoms with Crippen molar-refractivity contribution in [2.24, 2.45) is 11.3 Å². The molecule has 1 aliphatic rings. The molecule has 6 heteroatoms. The average Bonchev–Trinajstić information content (AvgIpc) is 2.71. The predicted octanol–water partition coefficient (Wildman–Crippen LogP) is 2.70. The Morgan fingerprint density at radius 2 is 2.00 bits per heavy atom. The van der Waals surface area contributed by atoms with Gasteiger partial charge in [-0.3, -0.25) is 0 Å². The van der Waals surface area contributed by atoms with Crippen molar-refractivity contribution in [3.63, 3.8) is 0 Å². The first-order valence-corrected chi connectivity index (χ1v) is 9.29. The van der Waals surface area contributed by atoms with E-state index in [1.54, 1.807) is 0 Å². The third-order valence-corrected chi connectivity index (χ3v) is 6.63. The summed E-state index contributed by atoms with van der Waals surface area (Å²) in [6.45, 7) is 3.35. The van der Waals surface area contributed by atoms with E-state index in [0.29, 0.717) is 31.4 Å². The maximum atomic E-state index is 11.6. The number of rotatable bonds is 8. The number of halogens is 2. The molecule has 1 aliphatic heterocycles. The molecule has 0 spiro atoms. The first-order chi connectivity index (χ1) is 8.49. The minimum atomic E-state index is -2.88. The first kappa shape index (κ1) is 16.5. The Bertz CT molecular complexity index is 339. The molecule has 0 bridgehead atoms. The maximum Gasteiger partial charge on any atom is 0.150 e. The molecular formula is C12H22Cl2O3S. The smallest absolute Gasteiger partial charge is 0.150 e. The molecule has 3 nitrogen and oxygen atoms in total. The molecular weight excluding hydrogens is 295 g/mol. The lowest BCUT2D eigenvalue weighted by atomic mass is 9.75. The fraction of sp³-hybridized carbons (Fsp3) is 1.00. The third-order valence-electron chi connectivity index (χ3n) is 3.80. The van der Waals surface area contributed by atoms with Crippen LogP contribution >= 0.6 is 23.2 Å². The van der Waals surface area contributed by atoms with Crippen LogP contribution < -0.4 is 0 Å². The van der Waals surface area contributed by atoms with Crippen molar-refractivity contribution in [3.8, 4) is 0 Å². The topological polar surface area (TPSA) is 43.4 Å². The molecule has 0 saturated carbocycles. The van der Waals surface area contributed by atoms with E-state index >= 15 is 0 Å². The lowest BCUT2D eigenvalue weighted by molar-refractivity contribution is 0.123. The predicted molar refractivity (Wildman–Crippen MR) is 76.4 cm³/mol. The van der Waals surface area contributed by atoms with Crippen LogP contribution in [0.5, 0.6) is 0 Å². The van der Waals surface area contributed by atoms with E-state index in [-0.39, 0.29) is 22.8 Å². The summed E-state index contributed by atoms with van der Waals surface area (Å²) in [7, 11) is -2.88. The van der Waals surface area contributed by atoms with E-state index in [0.717, 1.165) is 12.8 Å². The van der Waals surface area contributed by atoms with E-state index in [1.807, 2.05) is 6.92 Å². The molecule has 0 aliphatic carbocycles. The maximum absolute atomic E-state index is 11.6. The van der Waals surface area contributed by atoms with Gasteiger partial charge in [0, 0.05) is 30.4 Å². The molecule has 1 atom stereocenters. The lowest BCUT2D eigenvalue weighted by Gasteiger charge is -2.35. The van der Waals surface area contributed by atoms with Crippen molar-refractivity contribution in [2.45, 2.75) is 26.2 Å². The zero-order valence-electron chi connectivity index (χ0n) is 10.8. The summed E-state index contributed by atoms with van der Waals surface area (Å²) in [4.78, 5) is 0. The highest BCUT2D eigenvalue weighted by atomic mass is 35.5. The van der Waals surface area contributed by atoms with Crippen LogP contribution in [0, 0.1) is 11.3 Å². The minimum absolute atomic E-state index is 0.0964. The van der Waals surface area contributed by atoms with Gasteiger partial charge in [0.1, 0.15) is 0 Å². The van der Waals surface area contributed by atoms with E-state index in [2.05, 4.69) is 0 Å². The highest BCUT2D eigenvalue weighted by Crippen LogP contribution is 2.41. The van der Waals surface area contributed by atoms with Gasteiger partial charge in [-0.15, -0.1) is 23.2 Å². The molecule has 0 aromatic heterocycles. The highest BCUT2D eigenvalue weighted by Gasteiger charge is 2.43. The van der Waals surface area contributed by atoms with Crippen molar-refractivity contribution < 1.29 is 13.2 Å². The second-order valence-electron chi connectivity index (χ2n) is 5.03. The molecule has 18 heavy (non-hydrogen) atoms. The summed E-state index contributed by atoms with van der Waals surface area (Å²) < 4.78 is 28.5. The molecule has 0 radical (unpaired) electrons. The summed E-state index contributed by atoms with van der Waals surface area (Å²) in [6, 6.07) is 0. The summed E-state index contributed by atoms with van der Waals surface area (Å²) in [6.07, 6.45) is 2.40. The Hall–Kier alpha value is 0.490. The van der Waals surface area contributed by atoms with Crippen LogP contribution in [0.3, 0.4) is 0 Å². The van der Waals surface area contributed by atoms with Gasteiger partial charge < -0.3 is 4.74 Å². The summed E-state index contributed by atoms with van der Waals surface area (Å²) in [5, 5.41) is 0. The number of alkyl halides is 2. The van der Waals surface area contributed by atoms with Crippen LogP contribution in [0.25, 0.3) is 0 Å². The number of ether oxygens (including phenoxy) is 1. The van der Waals surface area contributed by atoms with Crippen LogP contribution in [0.1, 0.15) is 26.2 Å². The normalized spacial score (nSPS) is 23.4. The zero-order chi connectivity index (χ0) is 13.6. The largest absolute Gasteiger partial charge is 0.382 e. The molecule has 1 unspecified atom stereocenters. The summed E-state index contributed by atoms with van der Waals surface area (Å²) in [5.41, 5.74) is -0.260. The molecule has 108 valence electrons. The second kappa shape index (κ2) is 7.32. The second-order valence-corrected chi connectivity index (χ2v) is 7.79. The molecule has 1 rings (SSSR count). The molecule has 1 heterocycles. The van der Waals surface area contributed by atoms with Gasteiger partial charge in [0.05, 0.1) is 11.5 Å². The van der Waals surface area contributed by atoms with Crippen LogP contribution in [0.4, 0.5) is 0 Å². The zero-order valence-corrected chi connectivity index (χ0v) is 13.2. The van der Waals surface area contributed by atoms with Crippen LogP contribution in [-0.4, -0.2) is 44.9 Å². The molecule has 0 N–H and O–H groups in total. The van der Waals surface area contributed by atoms with Gasteiger partial charge >= 0.3 is 0 Å². The highest BCUT2D eigenvalue weighted by molar-refractivity contribution is 7.91. The molecule has 1 saturated heterocycles. The van der Waals surface area contributed by atoms with Crippen LogP contribution in [-0.2, 0) is 14.6 Å². The van der Waals surface area contributed by atoms with Crippen molar-refractivity contribution >= 4 is 33.0 Å². The average molecular weight is 317 g/mol. The Morgan fingerprint density at radius 1 is 1.33 bits per heavy atom. The first-order valence-electron chi connectivity index (χ1n) is 6.40. The van der Waals surface area contributed by atoms with E-state index < -0.39 is 9.84 Å². The van der Waals surface area contributed by atoms with Crippen molar-refractivity contribution in [1.29, 1.82) is 0 Å². The van der Waals surface area contributed by atoms with Gasteiger partial charge in [-0.05, 0) is 32.1 Å². The molecule has 1 fully saturated rings. The van der Waals surface area contributed by atoms with Gasteiger partial charge in [0.25, 0.3) is 0 Å². The van der Waals surface area contributed by atoms with E-state index in [9.17, 15) is 8.42 Å². The van der Waals surface area contributed by atoms with E-state index in [1.165, 1.54) is 0 Å². The van der Waals surface area contributed by atoms with Crippen LogP contribution in [0.15, 0.2) is 0 Å². The van der Waals surface area contributed by atoms with E-state index in [4.69, 9.17) is 27.9 Å². The number of sulfone groups is 1. The van der Waals surface area contributed by atoms with Gasteiger partial charge in [-0.25, -0.2) is 8.42 Å². The fourth-order valence-electron chi connectivity index (χ4n) is 2.54. The number of hydrogen-bond donors (Lipinski definition) is 0. The van der Waals surface area contributed by atoms with Crippen LogP contribution in [0.2, 0.25) is 0 Å². The van der Waals surface area contributed by atoms with Crippen molar-refractivity contribution in [3.05, 3.63) is 0 Å². The fourth-order valence-corrected chi connectivity index (χ4v) is 5.47. The SMILES string of the molecule is CCOCCCC(CCl)(CCl)C1CCS(=O)(=O)C1. The Kier molecular flexibility index (Phi) is 6.73. The Balaban J connectivity index is 2.62. The summed E-state index contributed by atoms with van der Waals surface area (Å²) >= 11 is 12.2. The van der Waals surface area contributed by atoms with Crippen molar-refractivity contribution in [1.82, 2.24) is 0 Å². The standard InChI is InChI=1S/C12H22Cl2O3S/c1-2-17-6-3-5-12(9-13,10-14)11-4-7-18(15,16)8-11/h11H,2-10H2,1H3. The van der Waals surface area contributed by atoms with Gasteiger partial charge in [-0.1, -0.05) is 0 Å². The monoisotopic (exact) mass is 316 g/mol. The number of hydrogen-bond acceptors (Lipinski definition) is 3.